The first-order chi connectivity index (χ1) is 13.8. The van der Waals surface area contributed by atoms with Crippen LogP contribution in [0.1, 0.15) is 42.2 Å². The number of benzene rings is 1. The molecular formula is C20H23ClFN5O2. The van der Waals surface area contributed by atoms with Crippen molar-refractivity contribution in [3.8, 4) is 0 Å². The van der Waals surface area contributed by atoms with E-state index in [2.05, 4.69) is 15.3 Å². The summed E-state index contributed by atoms with van der Waals surface area (Å²) < 4.78 is 13.2. The van der Waals surface area contributed by atoms with Crippen LogP contribution in [-0.2, 0) is 4.79 Å². The Kier molecular flexibility index (Phi) is 6.32. The van der Waals surface area contributed by atoms with Crippen molar-refractivity contribution in [2.24, 2.45) is 0 Å². The third-order valence-electron chi connectivity index (χ3n) is 5.17. The van der Waals surface area contributed by atoms with Gasteiger partial charge in [-0.2, -0.15) is 0 Å². The summed E-state index contributed by atoms with van der Waals surface area (Å²) in [7, 11) is 1.75. The molecule has 1 N–H and O–H groups in total. The number of carbonyl (C=O) groups is 2. The summed E-state index contributed by atoms with van der Waals surface area (Å²) >= 11 is 6.09. The molecular weight excluding hydrogens is 397 g/mol. The number of hydrogen-bond acceptors (Lipinski definition) is 5. The Hall–Kier alpha value is -2.74. The van der Waals surface area contributed by atoms with Gasteiger partial charge < -0.3 is 15.1 Å². The van der Waals surface area contributed by atoms with Crippen molar-refractivity contribution in [3.05, 3.63) is 52.6 Å². The van der Waals surface area contributed by atoms with E-state index in [1.807, 2.05) is 6.92 Å². The highest BCUT2D eigenvalue weighted by Gasteiger charge is 2.30. The van der Waals surface area contributed by atoms with Crippen LogP contribution >= 0.6 is 11.6 Å². The molecule has 1 aliphatic rings. The second-order valence-corrected chi connectivity index (χ2v) is 7.56. The molecule has 0 bridgehead atoms. The predicted molar refractivity (Wildman–Crippen MR) is 108 cm³/mol. The first-order valence-electron chi connectivity index (χ1n) is 9.32. The molecule has 2 aromatic rings. The lowest BCUT2D eigenvalue weighted by atomic mass is 10.1. The molecule has 2 amide bonds. The number of rotatable bonds is 5. The van der Waals surface area contributed by atoms with Gasteiger partial charge in [0.1, 0.15) is 5.82 Å². The van der Waals surface area contributed by atoms with Gasteiger partial charge in [-0.25, -0.2) is 14.4 Å². The zero-order valence-corrected chi connectivity index (χ0v) is 17.3. The van der Waals surface area contributed by atoms with Gasteiger partial charge in [0.15, 0.2) is 0 Å². The number of carbonyl (C=O) groups excluding carboxylic acids is 2. The SMILES string of the molecule is CC(=O)N(C)C1CCN(C(=O)c2cnc(NC(C)c3ccc(F)cc3Cl)nc2)C1. The average molecular weight is 420 g/mol. The Balaban J connectivity index is 1.62. The van der Waals surface area contributed by atoms with Crippen LogP contribution in [0, 0.1) is 5.82 Å². The van der Waals surface area contributed by atoms with E-state index in [0.717, 1.165) is 12.0 Å². The molecule has 29 heavy (non-hydrogen) atoms. The van der Waals surface area contributed by atoms with Gasteiger partial charge in [-0.05, 0) is 31.0 Å². The van der Waals surface area contributed by atoms with Crippen molar-refractivity contribution in [2.75, 3.05) is 25.5 Å². The standard InChI is InChI=1S/C20H23ClFN5O2/c1-12(17-5-4-15(22)8-18(17)21)25-20-23-9-14(10-24-20)19(29)27-7-6-16(11-27)26(3)13(2)28/h4-5,8-10,12,16H,6-7,11H2,1-3H3,(H,23,24,25). The number of nitrogens with zero attached hydrogens (tertiary/aromatic N) is 4. The van der Waals surface area contributed by atoms with Crippen LogP contribution in [0.25, 0.3) is 0 Å². The Labute approximate surface area is 173 Å². The van der Waals surface area contributed by atoms with Gasteiger partial charge in [0.25, 0.3) is 5.91 Å². The fraction of sp³-hybridized carbons (Fsp3) is 0.400. The summed E-state index contributed by atoms with van der Waals surface area (Å²) in [5, 5.41) is 3.41. The smallest absolute Gasteiger partial charge is 0.257 e. The van der Waals surface area contributed by atoms with E-state index in [1.54, 1.807) is 22.9 Å². The monoisotopic (exact) mass is 419 g/mol. The predicted octanol–water partition coefficient (Wildman–Crippen LogP) is 3.14. The van der Waals surface area contributed by atoms with Crippen LogP contribution < -0.4 is 5.32 Å². The minimum Gasteiger partial charge on any atom is -0.348 e. The van der Waals surface area contributed by atoms with Gasteiger partial charge in [0, 0.05) is 44.5 Å². The molecule has 2 unspecified atom stereocenters. The number of halogens is 2. The zero-order valence-electron chi connectivity index (χ0n) is 16.5. The lowest BCUT2D eigenvalue weighted by Gasteiger charge is -2.23. The first-order valence-corrected chi connectivity index (χ1v) is 9.70. The van der Waals surface area contributed by atoms with Crippen LogP contribution in [0.3, 0.4) is 0 Å². The van der Waals surface area contributed by atoms with Crippen molar-refractivity contribution in [1.29, 1.82) is 0 Å². The quantitative estimate of drug-likeness (QED) is 0.805. The molecule has 0 saturated carbocycles. The second-order valence-electron chi connectivity index (χ2n) is 7.15. The summed E-state index contributed by atoms with van der Waals surface area (Å²) in [5.41, 5.74) is 1.10. The van der Waals surface area contributed by atoms with Crippen LogP contribution in [-0.4, -0.2) is 57.8 Å². The molecule has 3 rings (SSSR count). The van der Waals surface area contributed by atoms with Gasteiger partial charge in [-0.15, -0.1) is 0 Å². The molecule has 1 saturated heterocycles. The molecule has 0 radical (unpaired) electrons. The highest BCUT2D eigenvalue weighted by atomic mass is 35.5. The fourth-order valence-electron chi connectivity index (χ4n) is 3.32. The van der Waals surface area contributed by atoms with Gasteiger partial charge in [-0.1, -0.05) is 17.7 Å². The van der Waals surface area contributed by atoms with E-state index in [4.69, 9.17) is 11.6 Å². The average Bonchev–Trinajstić information content (AvgIpc) is 3.17. The normalized spacial score (nSPS) is 17.1. The minimum atomic E-state index is -0.399. The highest BCUT2D eigenvalue weighted by Crippen LogP contribution is 2.25. The number of amides is 2. The third-order valence-corrected chi connectivity index (χ3v) is 5.50. The number of hydrogen-bond donors (Lipinski definition) is 1. The Bertz CT molecular complexity index is 908. The summed E-state index contributed by atoms with van der Waals surface area (Å²) in [6.07, 6.45) is 3.69. The van der Waals surface area contributed by atoms with Crippen molar-refractivity contribution >= 4 is 29.4 Å². The molecule has 154 valence electrons. The Morgan fingerprint density at radius 3 is 2.66 bits per heavy atom. The summed E-state index contributed by atoms with van der Waals surface area (Å²) in [4.78, 5) is 36.0. The Morgan fingerprint density at radius 1 is 1.34 bits per heavy atom. The lowest BCUT2D eigenvalue weighted by Crippen LogP contribution is -2.39. The second kappa shape index (κ2) is 8.73. The molecule has 0 aliphatic carbocycles. The van der Waals surface area contributed by atoms with E-state index < -0.39 is 5.82 Å². The number of nitrogens with one attached hydrogen (secondary N) is 1. The molecule has 9 heteroatoms. The number of aromatic nitrogens is 2. The largest absolute Gasteiger partial charge is 0.348 e. The van der Waals surface area contributed by atoms with Crippen molar-refractivity contribution < 1.29 is 14.0 Å². The van der Waals surface area contributed by atoms with Crippen LogP contribution in [0.5, 0.6) is 0 Å². The highest BCUT2D eigenvalue weighted by molar-refractivity contribution is 6.31. The van der Waals surface area contributed by atoms with Crippen molar-refractivity contribution in [3.63, 3.8) is 0 Å². The third kappa shape index (κ3) is 4.82. The summed E-state index contributed by atoms with van der Waals surface area (Å²) in [6, 6.07) is 3.99. The van der Waals surface area contributed by atoms with Gasteiger partial charge in [-0.3, -0.25) is 9.59 Å². The zero-order chi connectivity index (χ0) is 21.1. The maximum absolute atomic E-state index is 13.2. The molecule has 1 aromatic heterocycles. The Morgan fingerprint density at radius 2 is 2.03 bits per heavy atom. The van der Waals surface area contributed by atoms with Crippen LogP contribution in [0.15, 0.2) is 30.6 Å². The molecule has 1 aromatic carbocycles. The van der Waals surface area contributed by atoms with Crippen LogP contribution in [0.2, 0.25) is 5.02 Å². The topological polar surface area (TPSA) is 78.4 Å². The van der Waals surface area contributed by atoms with Crippen LogP contribution in [0.4, 0.5) is 10.3 Å². The van der Waals surface area contributed by atoms with E-state index in [1.165, 1.54) is 31.5 Å². The molecule has 2 heterocycles. The van der Waals surface area contributed by atoms with E-state index in [9.17, 15) is 14.0 Å². The number of likely N-dealkylation sites (N-methyl/N-ethyl adjacent to an activating group) is 1. The minimum absolute atomic E-state index is 0.0153. The number of likely N-dealkylation sites (tertiary alicyclic amines) is 1. The molecule has 1 fully saturated rings. The maximum Gasteiger partial charge on any atom is 0.257 e. The van der Waals surface area contributed by atoms with Crippen molar-refractivity contribution in [2.45, 2.75) is 32.4 Å². The van der Waals surface area contributed by atoms with Gasteiger partial charge in [0.2, 0.25) is 11.9 Å². The van der Waals surface area contributed by atoms with Gasteiger partial charge in [0.05, 0.1) is 17.6 Å². The van der Waals surface area contributed by atoms with Gasteiger partial charge >= 0.3 is 0 Å². The molecule has 2 atom stereocenters. The fourth-order valence-corrected chi connectivity index (χ4v) is 3.65. The summed E-state index contributed by atoms with van der Waals surface area (Å²) in [6.45, 7) is 4.46. The summed E-state index contributed by atoms with van der Waals surface area (Å²) in [5.74, 6) is -0.238. The lowest BCUT2D eigenvalue weighted by molar-refractivity contribution is -0.129. The number of anilines is 1. The molecule has 1 aliphatic heterocycles. The van der Waals surface area contributed by atoms with E-state index in [0.29, 0.717) is 29.6 Å². The maximum atomic E-state index is 13.2. The van der Waals surface area contributed by atoms with E-state index >= 15 is 0 Å². The van der Waals surface area contributed by atoms with Crippen molar-refractivity contribution in [1.82, 2.24) is 19.8 Å². The van der Waals surface area contributed by atoms with E-state index in [-0.39, 0.29) is 23.9 Å². The first kappa shape index (κ1) is 21.0. The molecule has 0 spiro atoms. The molecule has 7 nitrogen and oxygen atoms in total.